The van der Waals surface area contributed by atoms with E-state index >= 15 is 0 Å². The smallest absolute Gasteiger partial charge is 0.0974 e. The summed E-state index contributed by atoms with van der Waals surface area (Å²) < 4.78 is 0. The summed E-state index contributed by atoms with van der Waals surface area (Å²) in [6.07, 6.45) is 1.83. The first-order chi connectivity index (χ1) is 22.8. The van der Waals surface area contributed by atoms with Gasteiger partial charge in [-0.1, -0.05) is 121 Å². The highest BCUT2D eigenvalue weighted by atomic mass is 14.8. The lowest BCUT2D eigenvalue weighted by atomic mass is 9.96. The van der Waals surface area contributed by atoms with Gasteiger partial charge in [-0.15, -0.1) is 0 Å². The van der Waals surface area contributed by atoms with Gasteiger partial charge in [-0.05, 0) is 41.5 Å². The van der Waals surface area contributed by atoms with E-state index in [0.717, 1.165) is 88.5 Å². The summed E-state index contributed by atoms with van der Waals surface area (Å²) in [4.78, 5) is 20.2. The Labute approximate surface area is 265 Å². The van der Waals surface area contributed by atoms with Crippen molar-refractivity contribution in [3.63, 3.8) is 0 Å². The van der Waals surface area contributed by atoms with E-state index in [1.807, 2.05) is 24.4 Å². The molecular weight excluding hydrogens is 560 g/mol. The maximum atomic E-state index is 5.27. The quantitative estimate of drug-likeness (QED) is 0.152. The maximum Gasteiger partial charge on any atom is 0.0974 e. The number of hydrogen-bond donors (Lipinski definition) is 0. The molecule has 9 aromatic rings. The molecule has 0 saturated heterocycles. The molecule has 4 heteroatoms. The normalized spacial score (nSPS) is 11.5. The molecule has 5 aromatic carbocycles. The number of aromatic nitrogens is 4. The molecule has 46 heavy (non-hydrogen) atoms. The molecule has 214 valence electrons. The Morgan fingerprint density at radius 1 is 0.348 bits per heavy atom. The second-order valence-corrected chi connectivity index (χ2v) is 11.5. The summed E-state index contributed by atoms with van der Waals surface area (Å²) in [5.41, 5.74) is 11.8. The molecular formula is C42H26N4. The summed E-state index contributed by atoms with van der Waals surface area (Å²) in [6, 6.07) is 52.6. The van der Waals surface area contributed by atoms with Crippen molar-refractivity contribution in [3.8, 4) is 44.9 Å². The van der Waals surface area contributed by atoms with E-state index in [9.17, 15) is 0 Å². The summed E-state index contributed by atoms with van der Waals surface area (Å²) in [7, 11) is 0. The summed E-state index contributed by atoms with van der Waals surface area (Å²) >= 11 is 0. The van der Waals surface area contributed by atoms with Crippen LogP contribution in [0.5, 0.6) is 0 Å². The highest BCUT2D eigenvalue weighted by Crippen LogP contribution is 2.37. The SMILES string of the molecule is c1ccc(-c2cc(-c3cccc(-c4nc5cc6ccc7cccnc7c6nc5c5ccccc45)c3)cc(-c3ccccc3)n2)cc1. The Kier molecular flexibility index (Phi) is 6.10. The van der Waals surface area contributed by atoms with Crippen LogP contribution < -0.4 is 0 Å². The molecule has 9 rings (SSSR count). The molecule has 0 spiro atoms. The van der Waals surface area contributed by atoms with E-state index in [1.165, 1.54) is 0 Å². The predicted molar refractivity (Wildman–Crippen MR) is 189 cm³/mol. The third kappa shape index (κ3) is 4.47. The average Bonchev–Trinajstić information content (AvgIpc) is 3.14. The van der Waals surface area contributed by atoms with Gasteiger partial charge in [0.15, 0.2) is 0 Å². The predicted octanol–water partition coefficient (Wildman–Crippen LogP) is 10.5. The summed E-state index contributed by atoms with van der Waals surface area (Å²) in [5, 5.41) is 4.25. The van der Waals surface area contributed by atoms with Crippen molar-refractivity contribution in [1.82, 2.24) is 19.9 Å². The van der Waals surface area contributed by atoms with Crippen molar-refractivity contribution in [3.05, 3.63) is 158 Å². The molecule has 4 aromatic heterocycles. The molecule has 0 aliphatic heterocycles. The van der Waals surface area contributed by atoms with Gasteiger partial charge in [0.25, 0.3) is 0 Å². The van der Waals surface area contributed by atoms with Crippen molar-refractivity contribution in [2.24, 2.45) is 0 Å². The van der Waals surface area contributed by atoms with Crippen LogP contribution in [0.4, 0.5) is 0 Å². The number of rotatable bonds is 4. The Hall–Kier alpha value is -6.26. The second kappa shape index (κ2) is 10.7. The van der Waals surface area contributed by atoms with Gasteiger partial charge < -0.3 is 0 Å². The summed E-state index contributed by atoms with van der Waals surface area (Å²) in [5.74, 6) is 0. The van der Waals surface area contributed by atoms with Crippen LogP contribution in [0.1, 0.15) is 0 Å². The van der Waals surface area contributed by atoms with Crippen LogP contribution in [0.2, 0.25) is 0 Å². The first-order valence-corrected chi connectivity index (χ1v) is 15.4. The third-order valence-corrected chi connectivity index (χ3v) is 8.64. The lowest BCUT2D eigenvalue weighted by Gasteiger charge is -2.13. The van der Waals surface area contributed by atoms with Gasteiger partial charge in [-0.2, -0.15) is 0 Å². The molecule has 0 amide bonds. The number of fused-ring (bicyclic) bond motifs is 6. The maximum absolute atomic E-state index is 5.27. The van der Waals surface area contributed by atoms with Gasteiger partial charge in [-0.3, -0.25) is 4.98 Å². The Morgan fingerprint density at radius 3 is 1.76 bits per heavy atom. The first kappa shape index (κ1) is 26.2. The van der Waals surface area contributed by atoms with Gasteiger partial charge in [0.1, 0.15) is 0 Å². The first-order valence-electron chi connectivity index (χ1n) is 15.4. The Bertz CT molecular complexity index is 2520. The molecule has 0 aliphatic rings. The van der Waals surface area contributed by atoms with E-state index in [0.29, 0.717) is 0 Å². The molecule has 4 heterocycles. The van der Waals surface area contributed by atoms with Crippen molar-refractivity contribution in [2.45, 2.75) is 0 Å². The fourth-order valence-corrected chi connectivity index (χ4v) is 6.40. The highest BCUT2D eigenvalue weighted by molar-refractivity contribution is 6.14. The van der Waals surface area contributed by atoms with Crippen molar-refractivity contribution in [2.75, 3.05) is 0 Å². The topological polar surface area (TPSA) is 51.6 Å². The monoisotopic (exact) mass is 586 g/mol. The van der Waals surface area contributed by atoms with Crippen LogP contribution in [0.25, 0.3) is 88.5 Å². The van der Waals surface area contributed by atoms with Crippen molar-refractivity contribution in [1.29, 1.82) is 0 Å². The minimum Gasteiger partial charge on any atom is -0.254 e. The largest absolute Gasteiger partial charge is 0.254 e. The molecule has 0 radical (unpaired) electrons. The number of benzene rings is 5. The van der Waals surface area contributed by atoms with E-state index in [1.54, 1.807) is 0 Å². The molecule has 0 bridgehead atoms. The van der Waals surface area contributed by atoms with Crippen LogP contribution in [-0.4, -0.2) is 19.9 Å². The van der Waals surface area contributed by atoms with Gasteiger partial charge in [-0.25, -0.2) is 15.0 Å². The van der Waals surface area contributed by atoms with Gasteiger partial charge in [0.2, 0.25) is 0 Å². The van der Waals surface area contributed by atoms with E-state index in [-0.39, 0.29) is 0 Å². The third-order valence-electron chi connectivity index (χ3n) is 8.64. The molecule has 0 saturated carbocycles. The highest BCUT2D eigenvalue weighted by Gasteiger charge is 2.15. The van der Waals surface area contributed by atoms with Crippen LogP contribution in [0.15, 0.2) is 158 Å². The zero-order chi connectivity index (χ0) is 30.5. The van der Waals surface area contributed by atoms with Crippen LogP contribution in [0, 0.1) is 0 Å². The standard InChI is InChI=1S/C42H26N4/c1-3-11-27(12-4-1)36-25-33(26-37(44-36)28-13-5-2-6-14-28)30-15-9-16-31(23-30)39-34-18-7-8-19-35(34)42-38(45-39)24-32-21-20-29-17-10-22-43-40(29)41(32)46-42/h1-26H. The van der Waals surface area contributed by atoms with Crippen LogP contribution >= 0.6 is 0 Å². The van der Waals surface area contributed by atoms with E-state index < -0.39 is 0 Å². The van der Waals surface area contributed by atoms with Crippen molar-refractivity contribution >= 4 is 43.6 Å². The van der Waals surface area contributed by atoms with E-state index in [2.05, 4.69) is 138 Å². The molecule has 0 atom stereocenters. The fourth-order valence-electron chi connectivity index (χ4n) is 6.40. The second-order valence-electron chi connectivity index (χ2n) is 11.5. The zero-order valence-electron chi connectivity index (χ0n) is 24.8. The van der Waals surface area contributed by atoms with Crippen molar-refractivity contribution < 1.29 is 0 Å². The Balaban J connectivity index is 1.24. The minimum atomic E-state index is 0.864. The number of hydrogen-bond acceptors (Lipinski definition) is 4. The van der Waals surface area contributed by atoms with Gasteiger partial charge >= 0.3 is 0 Å². The van der Waals surface area contributed by atoms with Gasteiger partial charge in [0, 0.05) is 44.4 Å². The lowest BCUT2D eigenvalue weighted by molar-refractivity contribution is 1.32. The molecule has 0 aliphatic carbocycles. The minimum absolute atomic E-state index is 0.864. The fraction of sp³-hybridized carbons (Fsp3) is 0. The number of nitrogens with zero attached hydrogens (tertiary/aromatic N) is 4. The molecule has 0 fully saturated rings. The lowest BCUT2D eigenvalue weighted by Crippen LogP contribution is -1.94. The zero-order valence-corrected chi connectivity index (χ0v) is 24.8. The van der Waals surface area contributed by atoms with Crippen LogP contribution in [-0.2, 0) is 0 Å². The molecule has 0 unspecified atom stereocenters. The van der Waals surface area contributed by atoms with E-state index in [4.69, 9.17) is 15.0 Å². The molecule has 0 N–H and O–H groups in total. The average molecular weight is 587 g/mol. The summed E-state index contributed by atoms with van der Waals surface area (Å²) in [6.45, 7) is 0. The van der Waals surface area contributed by atoms with Gasteiger partial charge in [0.05, 0.1) is 39.1 Å². The van der Waals surface area contributed by atoms with Crippen LogP contribution in [0.3, 0.4) is 0 Å². The molecule has 4 nitrogen and oxygen atoms in total. The number of pyridine rings is 4. The Morgan fingerprint density at radius 2 is 1.00 bits per heavy atom.